The number of anilines is 1. The molecule has 8 nitrogen and oxygen atoms in total. The molecule has 1 heterocycles. The largest absolute Gasteiger partial charge is 0.497 e. The fourth-order valence-electron chi connectivity index (χ4n) is 3.76. The lowest BCUT2D eigenvalue weighted by Gasteiger charge is -2.24. The minimum atomic E-state index is -4.09. The molecule has 0 radical (unpaired) electrons. The maximum absolute atomic E-state index is 13.6. The van der Waals surface area contributed by atoms with Crippen molar-refractivity contribution in [2.75, 3.05) is 25.1 Å². The summed E-state index contributed by atoms with van der Waals surface area (Å²) >= 11 is 0. The van der Waals surface area contributed by atoms with Crippen LogP contribution in [0.15, 0.2) is 83.9 Å². The number of methoxy groups -OCH3 is 2. The van der Waals surface area contributed by atoms with Crippen molar-refractivity contribution >= 4 is 38.5 Å². The summed E-state index contributed by atoms with van der Waals surface area (Å²) in [5, 5.41) is 0.532. The second-order valence-electron chi connectivity index (χ2n) is 7.84. The molecule has 0 aliphatic carbocycles. The number of carbonyl (C=O) groups excluding carboxylic acids is 2. The average Bonchev–Trinajstić information content (AvgIpc) is 3.27. The molecule has 3 aromatic carbocycles. The number of carbonyl (C=O) groups is 2. The van der Waals surface area contributed by atoms with Crippen LogP contribution in [-0.2, 0) is 14.8 Å². The van der Waals surface area contributed by atoms with Crippen LogP contribution in [0.1, 0.15) is 20.7 Å². The third kappa shape index (κ3) is 4.63. The molecular formula is C26H24N2O6S. The molecule has 4 aromatic rings. The third-order valence-corrected chi connectivity index (χ3v) is 7.42. The number of nitrogens with zero attached hydrogens (tertiary/aromatic N) is 2. The molecule has 1 aromatic heterocycles. The van der Waals surface area contributed by atoms with Crippen molar-refractivity contribution < 1.29 is 27.5 Å². The Kier molecular flexibility index (Phi) is 6.61. The lowest BCUT2D eigenvalue weighted by atomic mass is 10.2. The number of hydrogen-bond acceptors (Lipinski definition) is 6. The molecule has 0 spiro atoms. The Morgan fingerprint density at radius 1 is 0.914 bits per heavy atom. The molecule has 0 fully saturated rings. The van der Waals surface area contributed by atoms with Gasteiger partial charge < -0.3 is 9.47 Å². The first-order chi connectivity index (χ1) is 16.8. The van der Waals surface area contributed by atoms with Crippen LogP contribution in [0.4, 0.5) is 5.69 Å². The van der Waals surface area contributed by atoms with Crippen LogP contribution >= 0.6 is 0 Å². The second kappa shape index (κ2) is 9.63. The first-order valence-corrected chi connectivity index (χ1v) is 12.2. The van der Waals surface area contributed by atoms with Gasteiger partial charge in [0.15, 0.2) is 0 Å². The summed E-state index contributed by atoms with van der Waals surface area (Å²) in [6.45, 7) is 1.36. The van der Waals surface area contributed by atoms with Gasteiger partial charge in [0.05, 0.1) is 35.9 Å². The van der Waals surface area contributed by atoms with Crippen LogP contribution < -0.4 is 9.04 Å². The minimum Gasteiger partial charge on any atom is -0.497 e. The number of fused-ring (bicyclic) bond motifs is 1. The highest BCUT2D eigenvalue weighted by Gasteiger charge is 2.29. The number of sulfonamides is 1. The number of ether oxygens (including phenoxy) is 2. The van der Waals surface area contributed by atoms with Crippen LogP contribution in [0.5, 0.6) is 5.75 Å². The molecule has 0 amide bonds. The van der Waals surface area contributed by atoms with Crippen molar-refractivity contribution in [3.8, 4) is 5.75 Å². The monoisotopic (exact) mass is 492 g/mol. The predicted molar refractivity (Wildman–Crippen MR) is 133 cm³/mol. The van der Waals surface area contributed by atoms with Gasteiger partial charge in [0.2, 0.25) is 0 Å². The summed E-state index contributed by atoms with van der Waals surface area (Å²) in [6.07, 6.45) is 1.38. The molecule has 0 saturated heterocycles. The van der Waals surface area contributed by atoms with Gasteiger partial charge in [-0.1, -0.05) is 35.9 Å². The van der Waals surface area contributed by atoms with Gasteiger partial charge in [0.1, 0.15) is 12.3 Å². The Labute approximate surface area is 203 Å². The van der Waals surface area contributed by atoms with Gasteiger partial charge in [0, 0.05) is 11.6 Å². The summed E-state index contributed by atoms with van der Waals surface area (Å²) in [5.41, 5.74) is 1.89. The smallest absolute Gasteiger partial charge is 0.340 e. The first kappa shape index (κ1) is 24.0. The van der Waals surface area contributed by atoms with Gasteiger partial charge in [-0.2, -0.15) is 0 Å². The van der Waals surface area contributed by atoms with E-state index < -0.39 is 28.4 Å². The molecule has 0 aliphatic heterocycles. The SMILES string of the molecule is COC(=O)c1cn(C(=O)CN(c2ccc(OC)cc2)S(=O)(=O)c2ccc(C)cc2)c2ccccc12. The Morgan fingerprint density at radius 2 is 1.57 bits per heavy atom. The van der Waals surface area contributed by atoms with E-state index in [1.54, 1.807) is 60.7 Å². The highest BCUT2D eigenvalue weighted by atomic mass is 32.2. The van der Waals surface area contributed by atoms with Crippen LogP contribution in [0.3, 0.4) is 0 Å². The van der Waals surface area contributed by atoms with Crippen molar-refractivity contribution in [1.82, 2.24) is 4.57 Å². The van der Waals surface area contributed by atoms with Crippen LogP contribution in [0.25, 0.3) is 10.9 Å². The minimum absolute atomic E-state index is 0.0549. The topological polar surface area (TPSA) is 94.9 Å². The van der Waals surface area contributed by atoms with E-state index in [0.717, 1.165) is 9.87 Å². The third-order valence-electron chi connectivity index (χ3n) is 5.63. The lowest BCUT2D eigenvalue weighted by Crippen LogP contribution is -2.37. The van der Waals surface area contributed by atoms with Gasteiger partial charge in [-0.25, -0.2) is 13.2 Å². The van der Waals surface area contributed by atoms with E-state index in [4.69, 9.17) is 9.47 Å². The summed E-state index contributed by atoms with van der Waals surface area (Å²) in [7, 11) is -1.33. The van der Waals surface area contributed by atoms with Crippen molar-refractivity contribution in [3.63, 3.8) is 0 Å². The summed E-state index contributed by atoms with van der Waals surface area (Å²) < 4.78 is 39.7. The molecule has 180 valence electrons. The zero-order chi connectivity index (χ0) is 25.2. The predicted octanol–water partition coefficient (Wildman–Crippen LogP) is 4.28. The molecule has 9 heteroatoms. The number of hydrogen-bond donors (Lipinski definition) is 0. The number of esters is 1. The number of aryl methyl sites for hydroxylation is 1. The molecule has 35 heavy (non-hydrogen) atoms. The zero-order valence-electron chi connectivity index (χ0n) is 19.5. The lowest BCUT2D eigenvalue weighted by molar-refractivity contribution is 0.0603. The van der Waals surface area contributed by atoms with Crippen molar-refractivity contribution in [2.45, 2.75) is 11.8 Å². The Bertz CT molecular complexity index is 1490. The van der Waals surface area contributed by atoms with E-state index in [1.807, 2.05) is 6.92 Å². The zero-order valence-corrected chi connectivity index (χ0v) is 20.3. The van der Waals surface area contributed by atoms with E-state index in [0.29, 0.717) is 22.3 Å². The maximum atomic E-state index is 13.6. The van der Waals surface area contributed by atoms with Crippen LogP contribution in [0.2, 0.25) is 0 Å². The highest BCUT2D eigenvalue weighted by molar-refractivity contribution is 7.92. The van der Waals surface area contributed by atoms with E-state index >= 15 is 0 Å². The molecule has 0 atom stereocenters. The van der Waals surface area contributed by atoms with Gasteiger partial charge >= 0.3 is 5.97 Å². The van der Waals surface area contributed by atoms with Crippen LogP contribution in [0, 0.1) is 6.92 Å². The maximum Gasteiger partial charge on any atom is 0.340 e. The first-order valence-electron chi connectivity index (χ1n) is 10.7. The van der Waals surface area contributed by atoms with E-state index in [-0.39, 0.29) is 10.5 Å². The fourth-order valence-corrected chi connectivity index (χ4v) is 5.17. The Balaban J connectivity index is 1.80. The molecule has 0 unspecified atom stereocenters. The molecule has 0 bridgehead atoms. The van der Waals surface area contributed by atoms with E-state index in [9.17, 15) is 18.0 Å². The van der Waals surface area contributed by atoms with Crippen molar-refractivity contribution in [1.29, 1.82) is 0 Å². The summed E-state index contributed by atoms with van der Waals surface area (Å²) in [4.78, 5) is 25.8. The number of aromatic nitrogens is 1. The number of benzene rings is 3. The standard InChI is InChI=1S/C26H24N2O6S/c1-18-8-14-21(15-9-18)35(31,32)28(19-10-12-20(33-2)13-11-19)17-25(29)27-16-23(26(30)34-3)22-6-4-5-7-24(22)27/h4-16H,17H2,1-3H3. The van der Waals surface area contributed by atoms with Crippen molar-refractivity contribution in [2.24, 2.45) is 0 Å². The normalized spacial score (nSPS) is 11.3. The number of rotatable bonds is 7. The van der Waals surface area contributed by atoms with E-state index in [2.05, 4.69) is 0 Å². The summed E-state index contributed by atoms with van der Waals surface area (Å²) in [6, 6.07) is 19.7. The quantitative estimate of drug-likeness (QED) is 0.358. The molecule has 0 saturated carbocycles. The fraction of sp³-hybridized carbons (Fsp3) is 0.154. The molecule has 0 aliphatic rings. The Hall–Kier alpha value is -4.11. The summed E-state index contributed by atoms with van der Waals surface area (Å²) in [5.74, 6) is -0.582. The number of para-hydroxylation sites is 1. The molecule has 0 N–H and O–H groups in total. The van der Waals surface area contributed by atoms with Gasteiger partial charge in [-0.05, 0) is 49.4 Å². The Morgan fingerprint density at radius 3 is 2.20 bits per heavy atom. The van der Waals surface area contributed by atoms with Crippen molar-refractivity contribution in [3.05, 3.63) is 90.1 Å². The average molecular weight is 493 g/mol. The second-order valence-corrected chi connectivity index (χ2v) is 9.70. The molecule has 4 rings (SSSR count). The molecular weight excluding hydrogens is 468 g/mol. The van der Waals surface area contributed by atoms with Gasteiger partial charge in [0.25, 0.3) is 15.9 Å². The van der Waals surface area contributed by atoms with Gasteiger partial charge in [-0.15, -0.1) is 0 Å². The van der Waals surface area contributed by atoms with Crippen LogP contribution in [-0.4, -0.2) is 45.6 Å². The van der Waals surface area contributed by atoms with E-state index in [1.165, 1.54) is 37.1 Å². The highest BCUT2D eigenvalue weighted by Crippen LogP contribution is 2.27. The van der Waals surface area contributed by atoms with Gasteiger partial charge in [-0.3, -0.25) is 13.7 Å².